The monoisotopic (exact) mass is 972 g/mol. The normalized spacial score (nSPS) is 13.2. The summed E-state index contributed by atoms with van der Waals surface area (Å²) in [5.41, 5.74) is 16.8. The van der Waals surface area contributed by atoms with Crippen molar-refractivity contribution in [3.63, 3.8) is 0 Å². The van der Waals surface area contributed by atoms with Gasteiger partial charge in [0.25, 0.3) is 0 Å². The summed E-state index contributed by atoms with van der Waals surface area (Å²) in [4.78, 5) is 26.8. The van der Waals surface area contributed by atoms with Gasteiger partial charge in [0.2, 0.25) is 0 Å². The topological polar surface area (TPSA) is 167 Å². The number of carbonyl (C=O) groups excluding carboxylic acids is 2. The number of anilines is 4. The molecule has 0 bridgehead atoms. The molecule has 2 heterocycles. The van der Waals surface area contributed by atoms with Gasteiger partial charge in [0.15, 0.2) is 0 Å². The van der Waals surface area contributed by atoms with E-state index in [1.807, 2.05) is 168 Å². The van der Waals surface area contributed by atoms with Gasteiger partial charge in [0.05, 0.1) is 58.5 Å². The molecule has 12 rings (SSSR count). The van der Waals surface area contributed by atoms with Crippen molar-refractivity contribution in [1.29, 1.82) is 0 Å². The molecule has 0 aliphatic heterocycles. The number of H-pyrrole nitrogens is 2. The molecule has 0 saturated carbocycles. The molecule has 362 valence electrons. The molecule has 0 radical (unpaired) electrons. The van der Waals surface area contributed by atoms with Crippen LogP contribution in [0.1, 0.15) is 81.5 Å². The van der Waals surface area contributed by atoms with E-state index in [4.69, 9.17) is 19.7 Å². The van der Waals surface area contributed by atoms with Crippen molar-refractivity contribution in [3.8, 4) is 22.3 Å². The first-order valence-electron chi connectivity index (χ1n) is 24.9. The summed E-state index contributed by atoms with van der Waals surface area (Å²) in [6.45, 7) is 0.672. The third-order valence-corrected chi connectivity index (χ3v) is 13.5. The van der Waals surface area contributed by atoms with Gasteiger partial charge in [-0.15, -0.1) is 0 Å². The number of benzene rings is 8. The number of hydrogen-bond donors (Lipinski definition) is 2. The van der Waals surface area contributed by atoms with Crippen molar-refractivity contribution >= 4 is 68.2 Å². The van der Waals surface area contributed by atoms with Crippen LogP contribution in [0.15, 0.2) is 192 Å². The number of unbranched alkanes of at least 4 members (excludes halogenated alkanes) is 5. The second-order valence-electron chi connectivity index (χ2n) is 18.2. The Hall–Kier alpha value is -9.56. The molecule has 74 heavy (non-hydrogen) atoms. The summed E-state index contributed by atoms with van der Waals surface area (Å²) in [7, 11) is 0. The largest absolute Gasteiger partial charge is 0.462 e. The van der Waals surface area contributed by atoms with E-state index in [0.29, 0.717) is 24.3 Å². The number of rotatable bonds is 17. The zero-order valence-corrected chi connectivity index (χ0v) is 40.2. The molecule has 2 aliphatic rings. The van der Waals surface area contributed by atoms with Crippen molar-refractivity contribution in [1.82, 2.24) is 30.8 Å². The fourth-order valence-corrected chi connectivity index (χ4v) is 9.75. The van der Waals surface area contributed by atoms with Crippen LogP contribution in [-0.2, 0) is 9.47 Å². The van der Waals surface area contributed by atoms with Crippen LogP contribution in [-0.4, -0.2) is 67.4 Å². The molecule has 0 amide bonds. The molecule has 2 aliphatic carbocycles. The maximum atomic E-state index is 13.4. The van der Waals surface area contributed by atoms with E-state index >= 15 is 0 Å². The lowest BCUT2D eigenvalue weighted by Gasteiger charge is -2.21. The molecule has 2 N–H and O–H groups in total. The number of para-hydroxylation sites is 2. The summed E-state index contributed by atoms with van der Waals surface area (Å²) < 4.78 is 11.6. The Labute approximate surface area is 426 Å². The molecule has 14 heteroatoms. The summed E-state index contributed by atoms with van der Waals surface area (Å²) in [6.07, 6.45) is 5.34. The minimum Gasteiger partial charge on any atom is -0.462 e. The second kappa shape index (κ2) is 20.3. The van der Waals surface area contributed by atoms with Crippen molar-refractivity contribution in [3.05, 3.63) is 215 Å². The Bertz CT molecular complexity index is 3530. The molecular weight excluding hydrogens is 925 g/mol. The van der Waals surface area contributed by atoms with Crippen molar-refractivity contribution in [2.45, 2.75) is 38.5 Å². The van der Waals surface area contributed by atoms with E-state index in [-0.39, 0.29) is 11.9 Å². The number of ether oxygens (including phenoxy) is 2. The lowest BCUT2D eigenvalue weighted by atomic mass is 10.0. The summed E-state index contributed by atoms with van der Waals surface area (Å²) >= 11 is 0. The van der Waals surface area contributed by atoms with Crippen LogP contribution < -0.4 is 10.0 Å². The minimum atomic E-state index is -0.349. The van der Waals surface area contributed by atoms with Gasteiger partial charge in [-0.05, 0) is 120 Å². The fourth-order valence-electron chi connectivity index (χ4n) is 9.75. The average Bonchev–Trinajstić information content (AvgIpc) is 4.26. The zero-order chi connectivity index (χ0) is 49.8. The molecule has 0 atom stereocenters. The first-order chi connectivity index (χ1) is 36.5. The lowest BCUT2D eigenvalue weighted by Crippen LogP contribution is -2.14. The van der Waals surface area contributed by atoms with Gasteiger partial charge >= 0.3 is 11.9 Å². The highest BCUT2D eigenvalue weighted by Crippen LogP contribution is 2.41. The molecule has 0 saturated heterocycles. The number of carbonyl (C=O) groups is 2. The third kappa shape index (κ3) is 9.04. The predicted octanol–water partition coefficient (Wildman–Crippen LogP) is 12.7. The molecule has 0 unspecified atom stereocenters. The number of fused-ring (bicyclic) bond motifs is 8. The minimum absolute atomic E-state index is 0.336. The van der Waals surface area contributed by atoms with E-state index in [0.717, 1.165) is 139 Å². The quantitative estimate of drug-likeness (QED) is 0.0509. The van der Waals surface area contributed by atoms with Gasteiger partial charge in [-0.25, -0.2) is 19.6 Å². The number of aromatic nitrogens is 6. The van der Waals surface area contributed by atoms with Gasteiger partial charge in [0.1, 0.15) is 22.1 Å². The van der Waals surface area contributed by atoms with Crippen molar-refractivity contribution < 1.29 is 19.1 Å². The number of esters is 2. The molecule has 0 spiro atoms. The first-order valence-corrected chi connectivity index (χ1v) is 24.9. The van der Waals surface area contributed by atoms with Gasteiger partial charge < -0.3 is 9.47 Å². The maximum Gasteiger partial charge on any atom is 0.338 e. The van der Waals surface area contributed by atoms with Crippen molar-refractivity contribution in [2.24, 2.45) is 10.2 Å². The second-order valence-corrected chi connectivity index (χ2v) is 18.2. The number of nitrogens with zero attached hydrogens (tertiary/aromatic N) is 8. The zero-order valence-electron chi connectivity index (χ0n) is 40.2. The van der Waals surface area contributed by atoms with Crippen LogP contribution >= 0.6 is 0 Å². The van der Waals surface area contributed by atoms with Gasteiger partial charge in [0, 0.05) is 22.3 Å². The molecule has 2 aromatic heterocycles. The number of nitrogens with one attached hydrogen (secondary N) is 2. The van der Waals surface area contributed by atoms with Crippen LogP contribution in [0.5, 0.6) is 0 Å². The lowest BCUT2D eigenvalue weighted by molar-refractivity contribution is 0.0484. The molecule has 8 aromatic carbocycles. The van der Waals surface area contributed by atoms with E-state index in [1.54, 1.807) is 0 Å². The van der Waals surface area contributed by atoms with Crippen LogP contribution in [0.3, 0.4) is 0 Å². The Morgan fingerprint density at radius 2 is 0.743 bits per heavy atom. The Morgan fingerprint density at radius 1 is 0.365 bits per heavy atom. The Morgan fingerprint density at radius 3 is 1.19 bits per heavy atom. The van der Waals surface area contributed by atoms with Crippen LogP contribution in [0.25, 0.3) is 44.3 Å². The fraction of sp³-hybridized carbons (Fsp3) is 0.133. The van der Waals surface area contributed by atoms with E-state index in [9.17, 15) is 9.59 Å². The maximum absolute atomic E-state index is 13.4. The number of aromatic amines is 2. The average molecular weight is 973 g/mol. The summed E-state index contributed by atoms with van der Waals surface area (Å²) in [5, 5.41) is 36.8. The molecule has 14 nitrogen and oxygen atoms in total. The van der Waals surface area contributed by atoms with Crippen LogP contribution in [0.4, 0.5) is 22.7 Å². The molecule has 10 aromatic rings. The van der Waals surface area contributed by atoms with Gasteiger partial charge in [-0.1, -0.05) is 123 Å². The van der Waals surface area contributed by atoms with E-state index < -0.39 is 0 Å². The summed E-state index contributed by atoms with van der Waals surface area (Å²) in [6, 6.07) is 59.4. The Balaban J connectivity index is 0.630. The van der Waals surface area contributed by atoms with Crippen molar-refractivity contribution in [2.75, 3.05) is 23.2 Å². The number of hydrogen-bond acceptors (Lipinski definition) is 12. The van der Waals surface area contributed by atoms with Gasteiger partial charge in [-0.3, -0.25) is 0 Å². The van der Waals surface area contributed by atoms with Crippen LogP contribution in [0, 0.1) is 0 Å². The molecular formula is C60H48N10O4. The highest BCUT2D eigenvalue weighted by Gasteiger charge is 2.29. The van der Waals surface area contributed by atoms with Gasteiger partial charge in [-0.2, -0.15) is 41.0 Å². The smallest absolute Gasteiger partial charge is 0.338 e. The highest BCUT2D eigenvalue weighted by atomic mass is 16.5. The first kappa shape index (κ1) is 45.6. The van der Waals surface area contributed by atoms with Crippen LogP contribution in [0.2, 0.25) is 0 Å². The summed E-state index contributed by atoms with van der Waals surface area (Å²) in [5.74, 6) is -0.698. The molecule has 0 fully saturated rings. The standard InChI is InChI=1S/C60H48N10O4/c71-59(39-25-29-49-51(35-39)45-21-11-13-23-47(45)57(49)65-69(41-17-7-5-8-18-41)43-27-31-53-55(37-43)63-67-61-53)73-33-15-3-1-2-4-16-34-74-60(72)40-26-30-50-52(36-40)46-22-12-14-24-48(46)58(50)66-70(42-19-9-6-10-20-42)44-28-32-54-56(38-44)64-68-62-54/h5-14,17-32,35-38H,1-4,15-16,33-34H2,(H,61,63,67)(H,62,64,68)/b65-57+,66-58+. The van der Waals surface area contributed by atoms with E-state index in [2.05, 4.69) is 55.1 Å². The number of hydrazone groups is 2. The highest BCUT2D eigenvalue weighted by molar-refractivity contribution is 6.26. The predicted molar refractivity (Wildman–Crippen MR) is 288 cm³/mol. The third-order valence-electron chi connectivity index (χ3n) is 13.5. The van der Waals surface area contributed by atoms with E-state index in [1.165, 1.54) is 0 Å². The SMILES string of the molecule is O=C(OCCCCCCCCOC(=O)c1ccc2c(c1)-c1ccccc1/C2=N\N(c1ccccc1)c1ccc2n[nH]nc2c1)c1ccc2c(c1)-c1ccccc1/C2=N\N(c1ccccc1)c1ccc2n[nH]nc2c1. The Kier molecular flexibility index (Phi) is 12.5.